The predicted octanol–water partition coefficient (Wildman–Crippen LogP) is 17.0. The molecule has 0 amide bonds. The zero-order chi connectivity index (χ0) is 44.7. The van der Waals surface area contributed by atoms with Crippen molar-refractivity contribution in [2.24, 2.45) is 0 Å². The van der Waals surface area contributed by atoms with Crippen LogP contribution in [0.3, 0.4) is 0 Å². The Labute approximate surface area is 389 Å². The van der Waals surface area contributed by atoms with Gasteiger partial charge in [-0.05, 0) is 103 Å². The molecule has 1 aliphatic carbocycles. The molecule has 0 aliphatic heterocycles. The number of rotatable bonds is 6. The van der Waals surface area contributed by atoms with Crippen LogP contribution in [0, 0.1) is 0 Å². The molecule has 0 saturated carbocycles. The van der Waals surface area contributed by atoms with Gasteiger partial charge in [-0.1, -0.05) is 207 Å². The molecule has 1 aliphatic rings. The molecule has 0 N–H and O–H groups in total. The van der Waals surface area contributed by atoms with Crippen molar-refractivity contribution in [2.45, 2.75) is 6.42 Å². The van der Waals surface area contributed by atoms with Gasteiger partial charge in [0.2, 0.25) is 0 Å². The quantitative estimate of drug-likeness (QED) is 0.156. The highest BCUT2D eigenvalue weighted by molar-refractivity contribution is 6.25. The van der Waals surface area contributed by atoms with Gasteiger partial charge in [-0.2, -0.15) is 0 Å². The molecule has 0 radical (unpaired) electrons. The molecular weight excluding hydrogens is 811 g/mol. The normalized spacial score (nSPS) is 14.4. The molecular formula is C64H43N3. The smallest absolute Gasteiger partial charge is 0.160 e. The number of hydrogen-bond donors (Lipinski definition) is 0. The zero-order valence-electron chi connectivity index (χ0n) is 36.8. The molecule has 11 aromatic rings. The maximum absolute atomic E-state index is 5.36. The summed E-state index contributed by atoms with van der Waals surface area (Å²) in [5.74, 6) is 0.658. The Balaban J connectivity index is 0.929. The third-order valence-corrected chi connectivity index (χ3v) is 12.9. The number of hydrogen-bond acceptors (Lipinski definition) is 3. The summed E-state index contributed by atoms with van der Waals surface area (Å²) in [7, 11) is 0. The highest BCUT2D eigenvalue weighted by Gasteiger charge is 2.18. The number of para-hydroxylation sites is 1. The molecule has 67 heavy (non-hydrogen) atoms. The first-order valence-corrected chi connectivity index (χ1v) is 22.8. The monoisotopic (exact) mass is 853 g/mol. The Kier molecular flexibility index (Phi) is 10.1. The summed E-state index contributed by atoms with van der Waals surface area (Å²) in [5, 5.41) is 10.8. The van der Waals surface area contributed by atoms with Crippen molar-refractivity contribution in [1.82, 2.24) is 15.0 Å². The van der Waals surface area contributed by atoms with E-state index in [0.29, 0.717) is 5.82 Å². The van der Waals surface area contributed by atoms with E-state index in [4.69, 9.17) is 15.0 Å². The number of fused-ring (bicyclic) bond motifs is 7. The third-order valence-electron chi connectivity index (χ3n) is 12.9. The number of pyridine rings is 1. The van der Waals surface area contributed by atoms with Crippen LogP contribution in [0.2, 0.25) is 0 Å². The van der Waals surface area contributed by atoms with Crippen LogP contribution in [-0.4, -0.2) is 15.0 Å². The molecule has 2 heterocycles. The molecule has 9 aromatic carbocycles. The van der Waals surface area contributed by atoms with Crippen LogP contribution >= 0.6 is 0 Å². The SMILES string of the molecule is C=C1C=C(c2nc(-c3ccc(-c4ccc(-c5cc6c(-c7ccc8ccccc8c7)nc7ccccc7c6c6ccccc56)cc4)cc3)cc(-c3ccc4ccccc4c3)n2)/C=C\C/C=C\C=C/1. The van der Waals surface area contributed by atoms with Crippen molar-refractivity contribution in [3.05, 3.63) is 255 Å². The molecule has 0 unspecified atom stereocenters. The molecule has 3 nitrogen and oxygen atoms in total. The molecule has 2 aromatic heterocycles. The molecule has 0 spiro atoms. The minimum atomic E-state index is 0.658. The van der Waals surface area contributed by atoms with Crippen LogP contribution < -0.4 is 0 Å². The standard InChI is InChI=1S/C64H43N3/c1-42-15-5-3-2-4-6-20-53(37-42)64-66-60(41-61(67-64)51-35-29-43-16-7-9-18-49(43)38-51)48-33-27-46(28-34-48)45-25-31-47(32-26-45)57-40-58-62(55-22-12-11-21-54(55)57)56-23-13-14-24-59(56)65-63(58)52-36-30-44-17-8-10-19-50(44)39-52/h2-3,5-41H,1,4H2/b3-2-,15-5-,20-6-,53-37?. The highest BCUT2D eigenvalue weighted by atomic mass is 14.9. The predicted molar refractivity (Wildman–Crippen MR) is 284 cm³/mol. The van der Waals surface area contributed by atoms with Crippen LogP contribution in [-0.2, 0) is 0 Å². The summed E-state index contributed by atoms with van der Waals surface area (Å²) in [6, 6.07) is 69.7. The van der Waals surface area contributed by atoms with E-state index in [-0.39, 0.29) is 0 Å². The molecule has 12 rings (SSSR count). The fraction of sp³-hybridized carbons (Fsp3) is 0.0156. The number of allylic oxidation sites excluding steroid dienone is 9. The van der Waals surface area contributed by atoms with Crippen molar-refractivity contribution in [1.29, 1.82) is 0 Å². The lowest BCUT2D eigenvalue weighted by Gasteiger charge is -2.16. The summed E-state index contributed by atoms with van der Waals surface area (Å²) in [4.78, 5) is 15.7. The summed E-state index contributed by atoms with van der Waals surface area (Å²) >= 11 is 0. The zero-order valence-corrected chi connectivity index (χ0v) is 36.8. The lowest BCUT2D eigenvalue weighted by Crippen LogP contribution is -1.99. The van der Waals surface area contributed by atoms with Gasteiger partial charge in [0.05, 0.1) is 22.6 Å². The van der Waals surface area contributed by atoms with E-state index in [1.54, 1.807) is 0 Å². The molecule has 0 saturated heterocycles. The Morgan fingerprint density at radius 2 is 0.955 bits per heavy atom. The second kappa shape index (κ2) is 17.0. The second-order valence-electron chi connectivity index (χ2n) is 17.2. The van der Waals surface area contributed by atoms with Crippen LogP contribution in [0.1, 0.15) is 12.2 Å². The van der Waals surface area contributed by atoms with Crippen LogP contribution in [0.15, 0.2) is 249 Å². The largest absolute Gasteiger partial charge is 0.247 e. The van der Waals surface area contributed by atoms with Crippen LogP contribution in [0.25, 0.3) is 116 Å². The Bertz CT molecular complexity index is 3890. The van der Waals surface area contributed by atoms with Gasteiger partial charge in [0, 0.05) is 38.4 Å². The maximum Gasteiger partial charge on any atom is 0.160 e. The fourth-order valence-electron chi connectivity index (χ4n) is 9.55. The van der Waals surface area contributed by atoms with Gasteiger partial charge >= 0.3 is 0 Å². The first-order chi connectivity index (χ1) is 33.1. The van der Waals surface area contributed by atoms with Gasteiger partial charge in [-0.25, -0.2) is 15.0 Å². The Morgan fingerprint density at radius 1 is 0.388 bits per heavy atom. The van der Waals surface area contributed by atoms with Gasteiger partial charge in [-0.15, -0.1) is 0 Å². The Morgan fingerprint density at radius 3 is 1.69 bits per heavy atom. The Hall–Kier alpha value is -8.79. The van der Waals surface area contributed by atoms with E-state index in [1.165, 1.54) is 43.3 Å². The number of benzene rings is 9. The molecule has 3 heteroatoms. The van der Waals surface area contributed by atoms with E-state index in [0.717, 1.165) is 84.3 Å². The van der Waals surface area contributed by atoms with Crippen molar-refractivity contribution >= 4 is 59.6 Å². The molecule has 0 atom stereocenters. The molecule has 314 valence electrons. The molecule has 0 bridgehead atoms. The van der Waals surface area contributed by atoms with Gasteiger partial charge in [0.1, 0.15) is 0 Å². The summed E-state index contributed by atoms with van der Waals surface area (Å²) in [5.41, 5.74) is 13.3. The number of aromatic nitrogens is 3. The van der Waals surface area contributed by atoms with Crippen molar-refractivity contribution in [3.63, 3.8) is 0 Å². The van der Waals surface area contributed by atoms with Gasteiger partial charge in [-0.3, -0.25) is 0 Å². The van der Waals surface area contributed by atoms with Crippen molar-refractivity contribution in [2.75, 3.05) is 0 Å². The lowest BCUT2D eigenvalue weighted by molar-refractivity contribution is 1.13. The van der Waals surface area contributed by atoms with E-state index < -0.39 is 0 Å². The average molecular weight is 854 g/mol. The van der Waals surface area contributed by atoms with E-state index in [9.17, 15) is 0 Å². The summed E-state index contributed by atoms with van der Waals surface area (Å²) < 4.78 is 0. The van der Waals surface area contributed by atoms with E-state index in [1.807, 2.05) is 12.2 Å². The van der Waals surface area contributed by atoms with Crippen LogP contribution in [0.4, 0.5) is 0 Å². The highest BCUT2D eigenvalue weighted by Crippen LogP contribution is 2.42. The lowest BCUT2D eigenvalue weighted by atomic mass is 9.89. The van der Waals surface area contributed by atoms with Crippen LogP contribution in [0.5, 0.6) is 0 Å². The minimum Gasteiger partial charge on any atom is -0.247 e. The minimum absolute atomic E-state index is 0.658. The summed E-state index contributed by atoms with van der Waals surface area (Å²) in [6.45, 7) is 4.29. The first kappa shape index (κ1) is 39.8. The average Bonchev–Trinajstić information content (AvgIpc) is 3.39. The first-order valence-electron chi connectivity index (χ1n) is 22.8. The molecule has 0 fully saturated rings. The maximum atomic E-state index is 5.36. The third kappa shape index (κ3) is 7.63. The fourth-order valence-corrected chi connectivity index (χ4v) is 9.55. The van der Waals surface area contributed by atoms with E-state index >= 15 is 0 Å². The topological polar surface area (TPSA) is 38.7 Å². The summed E-state index contributed by atoms with van der Waals surface area (Å²) in [6.07, 6.45) is 15.3. The van der Waals surface area contributed by atoms with Gasteiger partial charge in [0.15, 0.2) is 5.82 Å². The van der Waals surface area contributed by atoms with Crippen molar-refractivity contribution in [3.8, 4) is 56.0 Å². The van der Waals surface area contributed by atoms with Crippen molar-refractivity contribution < 1.29 is 0 Å². The number of nitrogens with zero attached hydrogens (tertiary/aromatic N) is 3. The van der Waals surface area contributed by atoms with Gasteiger partial charge < -0.3 is 0 Å². The van der Waals surface area contributed by atoms with E-state index in [2.05, 4.69) is 231 Å². The van der Waals surface area contributed by atoms with Gasteiger partial charge in [0.25, 0.3) is 0 Å². The second-order valence-corrected chi connectivity index (χ2v) is 17.2.